The van der Waals surface area contributed by atoms with Crippen LogP contribution in [0.15, 0.2) is 0 Å². The van der Waals surface area contributed by atoms with Crippen LogP contribution in [0, 0.1) is 16.7 Å². The van der Waals surface area contributed by atoms with Crippen molar-refractivity contribution in [3.05, 3.63) is 0 Å². The number of ether oxygens (including phenoxy) is 1. The van der Waals surface area contributed by atoms with Crippen LogP contribution in [0.1, 0.15) is 39.5 Å². The number of nitriles is 1. The highest BCUT2D eigenvalue weighted by Crippen LogP contribution is 2.42. The first-order valence-corrected chi connectivity index (χ1v) is 5.29. The molecule has 0 spiro atoms. The molecule has 1 unspecified atom stereocenters. The first-order chi connectivity index (χ1) is 6.58. The van der Waals surface area contributed by atoms with E-state index in [9.17, 15) is 10.4 Å². The summed E-state index contributed by atoms with van der Waals surface area (Å²) in [6.07, 6.45) is 2.88. The molecule has 1 N–H and O–H groups in total. The van der Waals surface area contributed by atoms with E-state index in [2.05, 4.69) is 6.07 Å². The van der Waals surface area contributed by atoms with E-state index in [1.165, 1.54) is 0 Å². The molecule has 1 atom stereocenters. The van der Waals surface area contributed by atoms with Crippen LogP contribution in [0.2, 0.25) is 0 Å². The Morgan fingerprint density at radius 3 is 2.50 bits per heavy atom. The van der Waals surface area contributed by atoms with E-state index < -0.39 is 11.0 Å². The number of rotatable bonds is 3. The van der Waals surface area contributed by atoms with Gasteiger partial charge in [0.2, 0.25) is 0 Å². The summed E-state index contributed by atoms with van der Waals surface area (Å²) in [4.78, 5) is 0. The minimum absolute atomic E-state index is 0.591. The Balaban J connectivity index is 2.82. The van der Waals surface area contributed by atoms with Gasteiger partial charge in [-0.05, 0) is 26.2 Å². The fraction of sp³-hybridized carbons (Fsp3) is 0.909. The van der Waals surface area contributed by atoms with Gasteiger partial charge in [-0.15, -0.1) is 0 Å². The zero-order valence-electron chi connectivity index (χ0n) is 9.05. The van der Waals surface area contributed by atoms with Crippen molar-refractivity contribution in [1.29, 1.82) is 5.26 Å². The van der Waals surface area contributed by atoms with E-state index in [0.717, 1.165) is 6.42 Å². The van der Waals surface area contributed by atoms with Crippen LogP contribution < -0.4 is 0 Å². The summed E-state index contributed by atoms with van der Waals surface area (Å²) in [7, 11) is 0. The van der Waals surface area contributed by atoms with Gasteiger partial charge in [-0.2, -0.15) is 5.26 Å². The molecule has 1 heterocycles. The third kappa shape index (κ3) is 1.92. The third-order valence-electron chi connectivity index (χ3n) is 3.33. The molecule has 0 amide bonds. The summed E-state index contributed by atoms with van der Waals surface area (Å²) < 4.78 is 5.24. The Hall–Kier alpha value is -0.590. The fourth-order valence-electron chi connectivity index (χ4n) is 2.22. The maximum Gasteiger partial charge on any atom is 0.0901 e. The van der Waals surface area contributed by atoms with Crippen molar-refractivity contribution in [3.63, 3.8) is 0 Å². The molecular formula is C11H19NO2. The summed E-state index contributed by atoms with van der Waals surface area (Å²) in [5, 5.41) is 19.5. The molecule has 0 aromatic carbocycles. The Morgan fingerprint density at radius 1 is 1.50 bits per heavy atom. The third-order valence-corrected chi connectivity index (χ3v) is 3.33. The van der Waals surface area contributed by atoms with Gasteiger partial charge in [0, 0.05) is 13.2 Å². The summed E-state index contributed by atoms with van der Waals surface area (Å²) in [5.41, 5.74) is -1.47. The van der Waals surface area contributed by atoms with Crippen molar-refractivity contribution >= 4 is 0 Å². The van der Waals surface area contributed by atoms with Gasteiger partial charge in [0.15, 0.2) is 0 Å². The zero-order chi connectivity index (χ0) is 10.7. The number of hydrogen-bond acceptors (Lipinski definition) is 3. The lowest BCUT2D eigenvalue weighted by Crippen LogP contribution is -2.48. The van der Waals surface area contributed by atoms with Crippen LogP contribution in [0.5, 0.6) is 0 Å². The fourth-order valence-corrected chi connectivity index (χ4v) is 2.22. The molecule has 80 valence electrons. The van der Waals surface area contributed by atoms with Gasteiger partial charge in [0.1, 0.15) is 0 Å². The second kappa shape index (κ2) is 4.29. The minimum atomic E-state index is -0.875. The predicted molar refractivity (Wildman–Crippen MR) is 53.6 cm³/mol. The van der Waals surface area contributed by atoms with Crippen LogP contribution >= 0.6 is 0 Å². The molecule has 0 saturated carbocycles. The van der Waals surface area contributed by atoms with Crippen LogP contribution in [0.4, 0.5) is 0 Å². The highest BCUT2D eigenvalue weighted by Gasteiger charge is 2.47. The van der Waals surface area contributed by atoms with E-state index in [4.69, 9.17) is 4.74 Å². The molecule has 0 bridgehead atoms. The number of aliphatic hydroxyl groups is 1. The predicted octanol–water partition coefficient (Wildman–Crippen LogP) is 1.86. The average Bonchev–Trinajstić information content (AvgIpc) is 2.18. The molecule has 1 saturated heterocycles. The van der Waals surface area contributed by atoms with Crippen LogP contribution in [0.25, 0.3) is 0 Å². The quantitative estimate of drug-likeness (QED) is 0.751. The highest BCUT2D eigenvalue weighted by molar-refractivity contribution is 5.10. The normalized spacial score (nSPS) is 25.0. The molecule has 3 heteroatoms. The van der Waals surface area contributed by atoms with Crippen molar-refractivity contribution < 1.29 is 9.84 Å². The summed E-state index contributed by atoms with van der Waals surface area (Å²) in [6.45, 7) is 4.99. The van der Waals surface area contributed by atoms with Crippen LogP contribution in [-0.2, 0) is 4.74 Å². The molecular weight excluding hydrogens is 178 g/mol. The van der Waals surface area contributed by atoms with Crippen molar-refractivity contribution in [2.45, 2.75) is 45.1 Å². The van der Waals surface area contributed by atoms with Crippen molar-refractivity contribution in [3.8, 4) is 6.07 Å². The molecule has 0 aromatic heterocycles. The molecule has 14 heavy (non-hydrogen) atoms. The molecule has 3 nitrogen and oxygen atoms in total. The maximum absolute atomic E-state index is 10.3. The lowest BCUT2D eigenvalue weighted by atomic mass is 9.67. The van der Waals surface area contributed by atoms with Gasteiger partial charge >= 0.3 is 0 Å². The molecule has 1 aliphatic rings. The summed E-state index contributed by atoms with van der Waals surface area (Å²) >= 11 is 0. The van der Waals surface area contributed by atoms with E-state index in [-0.39, 0.29) is 0 Å². The second-order valence-electron chi connectivity index (χ2n) is 4.33. The Labute approximate surface area is 85.7 Å². The first-order valence-electron chi connectivity index (χ1n) is 5.29. The first kappa shape index (κ1) is 11.5. The molecule has 0 aromatic rings. The highest BCUT2D eigenvalue weighted by atomic mass is 16.5. The van der Waals surface area contributed by atoms with Gasteiger partial charge in [-0.3, -0.25) is 0 Å². The Kier molecular flexibility index (Phi) is 3.52. The number of nitrogens with zero attached hydrogens (tertiary/aromatic N) is 1. The van der Waals surface area contributed by atoms with E-state index in [0.29, 0.717) is 32.5 Å². The monoisotopic (exact) mass is 197 g/mol. The van der Waals surface area contributed by atoms with Gasteiger partial charge < -0.3 is 9.84 Å². The topological polar surface area (TPSA) is 53.2 Å². The molecule has 0 radical (unpaired) electrons. The second-order valence-corrected chi connectivity index (χ2v) is 4.33. The standard InChI is InChI=1S/C11H19NO2/c1-3-4-10(2,13)11(9-12)5-7-14-8-6-11/h13H,3-8H2,1-2H3. The van der Waals surface area contributed by atoms with Crippen molar-refractivity contribution in [1.82, 2.24) is 0 Å². The van der Waals surface area contributed by atoms with Crippen molar-refractivity contribution in [2.75, 3.05) is 13.2 Å². The maximum atomic E-state index is 10.3. The van der Waals surface area contributed by atoms with Gasteiger partial charge in [0.25, 0.3) is 0 Å². The lowest BCUT2D eigenvalue weighted by molar-refractivity contribution is -0.0968. The summed E-state index contributed by atoms with van der Waals surface area (Å²) in [6, 6.07) is 2.31. The van der Waals surface area contributed by atoms with E-state index >= 15 is 0 Å². The average molecular weight is 197 g/mol. The Morgan fingerprint density at radius 2 is 2.07 bits per heavy atom. The van der Waals surface area contributed by atoms with E-state index in [1.54, 1.807) is 6.92 Å². The lowest BCUT2D eigenvalue weighted by Gasteiger charge is -2.42. The SMILES string of the molecule is CCCC(C)(O)C1(C#N)CCOCC1. The number of hydrogen-bond donors (Lipinski definition) is 1. The Bertz CT molecular complexity index is 224. The van der Waals surface area contributed by atoms with Crippen LogP contribution in [0.3, 0.4) is 0 Å². The smallest absolute Gasteiger partial charge is 0.0901 e. The van der Waals surface area contributed by atoms with Crippen molar-refractivity contribution in [2.24, 2.45) is 5.41 Å². The largest absolute Gasteiger partial charge is 0.389 e. The minimum Gasteiger partial charge on any atom is -0.389 e. The van der Waals surface area contributed by atoms with Crippen LogP contribution in [-0.4, -0.2) is 23.9 Å². The van der Waals surface area contributed by atoms with Gasteiger partial charge in [-0.1, -0.05) is 13.3 Å². The van der Waals surface area contributed by atoms with Gasteiger partial charge in [-0.25, -0.2) is 0 Å². The summed E-state index contributed by atoms with van der Waals surface area (Å²) in [5.74, 6) is 0. The molecule has 0 aliphatic carbocycles. The zero-order valence-corrected chi connectivity index (χ0v) is 9.05. The van der Waals surface area contributed by atoms with Gasteiger partial charge in [0.05, 0.1) is 17.1 Å². The molecule has 1 aliphatic heterocycles. The van der Waals surface area contributed by atoms with E-state index in [1.807, 2.05) is 6.92 Å². The molecule has 1 fully saturated rings. The molecule has 1 rings (SSSR count).